The summed E-state index contributed by atoms with van der Waals surface area (Å²) in [6.45, 7) is 6.38. The molecule has 1 atom stereocenters. The molecule has 1 spiro atoms. The Hall–Kier alpha value is -2.89. The molecule has 32 heavy (non-hydrogen) atoms. The van der Waals surface area contributed by atoms with Gasteiger partial charge in [0.15, 0.2) is 0 Å². The van der Waals surface area contributed by atoms with Crippen LogP contribution in [0.1, 0.15) is 39.7 Å². The van der Waals surface area contributed by atoms with Crippen LogP contribution in [0.15, 0.2) is 22.1 Å². The highest BCUT2D eigenvalue weighted by atomic mass is 32.1. The van der Waals surface area contributed by atoms with E-state index in [9.17, 15) is 22.8 Å². The molecule has 8 nitrogen and oxygen atoms in total. The molecule has 2 aromatic rings. The van der Waals surface area contributed by atoms with Crippen LogP contribution < -0.4 is 0 Å². The summed E-state index contributed by atoms with van der Waals surface area (Å²) >= 11 is 1.61. The van der Waals surface area contributed by atoms with Crippen molar-refractivity contribution in [2.75, 3.05) is 19.6 Å². The Bertz CT molecular complexity index is 1020. The summed E-state index contributed by atoms with van der Waals surface area (Å²) in [6.07, 6.45) is -2.15. The lowest BCUT2D eigenvalue weighted by atomic mass is 9.86. The predicted molar refractivity (Wildman–Crippen MR) is 107 cm³/mol. The molecule has 12 heteroatoms. The van der Waals surface area contributed by atoms with E-state index in [0.717, 1.165) is 17.1 Å². The summed E-state index contributed by atoms with van der Waals surface area (Å²) < 4.78 is 37.0. The van der Waals surface area contributed by atoms with Crippen molar-refractivity contribution in [3.8, 4) is 0 Å². The molecule has 0 aromatic carbocycles. The molecule has 0 saturated carbocycles. The Morgan fingerprint density at radius 3 is 2.53 bits per heavy atom. The smallest absolute Gasteiger partial charge is 0.475 e. The van der Waals surface area contributed by atoms with Gasteiger partial charge in [-0.25, -0.2) is 9.78 Å². The molecule has 4 heterocycles. The standard InChI is InChI=1S/C18H21N3O3S.C2HF3O2/c1-12-15(3-6-24-12)17(23)20-5-4-18(10-20)7-16(22)21(11-18)8-14-9-25-13(2)19-14;3-2(4,5)1(6)7/h3,6,9H,4-5,7-8,10-11H2,1-2H3;(H,6,7). The van der Waals surface area contributed by atoms with Gasteiger partial charge in [0, 0.05) is 36.9 Å². The number of hydrogen-bond donors (Lipinski definition) is 1. The first kappa shape index (κ1) is 23.8. The third-order valence-electron chi connectivity index (χ3n) is 5.48. The topological polar surface area (TPSA) is 104 Å². The molecular formula is C20H22F3N3O5S. The largest absolute Gasteiger partial charge is 0.490 e. The normalized spacial score (nSPS) is 20.6. The number of carboxylic acids is 1. The fourth-order valence-corrected chi connectivity index (χ4v) is 4.56. The van der Waals surface area contributed by atoms with E-state index in [-0.39, 0.29) is 17.2 Å². The van der Waals surface area contributed by atoms with E-state index in [2.05, 4.69) is 4.98 Å². The van der Waals surface area contributed by atoms with Gasteiger partial charge in [0.1, 0.15) is 5.76 Å². The monoisotopic (exact) mass is 473 g/mol. The van der Waals surface area contributed by atoms with E-state index in [1.165, 1.54) is 0 Å². The number of halogens is 3. The quantitative estimate of drug-likeness (QED) is 0.734. The van der Waals surface area contributed by atoms with Crippen LogP contribution in [0.4, 0.5) is 13.2 Å². The summed E-state index contributed by atoms with van der Waals surface area (Å²) in [6, 6.07) is 1.72. The summed E-state index contributed by atoms with van der Waals surface area (Å²) in [7, 11) is 0. The van der Waals surface area contributed by atoms with Crippen LogP contribution in [0, 0.1) is 19.3 Å². The number of nitrogens with zero attached hydrogens (tertiary/aromatic N) is 3. The predicted octanol–water partition coefficient (Wildman–Crippen LogP) is 3.25. The fraction of sp³-hybridized carbons (Fsp3) is 0.500. The van der Waals surface area contributed by atoms with Crippen molar-refractivity contribution >= 4 is 29.1 Å². The van der Waals surface area contributed by atoms with Gasteiger partial charge < -0.3 is 19.3 Å². The van der Waals surface area contributed by atoms with E-state index >= 15 is 0 Å². The molecule has 1 unspecified atom stereocenters. The van der Waals surface area contributed by atoms with Gasteiger partial charge in [-0.1, -0.05) is 0 Å². The van der Waals surface area contributed by atoms with Gasteiger partial charge in [0.25, 0.3) is 5.91 Å². The summed E-state index contributed by atoms with van der Waals surface area (Å²) in [5.74, 6) is -1.94. The Kier molecular flexibility index (Phi) is 6.63. The molecule has 2 amide bonds. The maximum Gasteiger partial charge on any atom is 0.490 e. The summed E-state index contributed by atoms with van der Waals surface area (Å²) in [5, 5.41) is 10.2. The van der Waals surface area contributed by atoms with Crippen LogP contribution >= 0.6 is 11.3 Å². The minimum absolute atomic E-state index is 0.00384. The Morgan fingerprint density at radius 2 is 2.00 bits per heavy atom. The van der Waals surface area contributed by atoms with Gasteiger partial charge in [-0.3, -0.25) is 9.59 Å². The van der Waals surface area contributed by atoms with Gasteiger partial charge >= 0.3 is 12.1 Å². The Balaban J connectivity index is 0.000000360. The van der Waals surface area contributed by atoms with Gasteiger partial charge in [-0.15, -0.1) is 11.3 Å². The number of amides is 2. The van der Waals surface area contributed by atoms with E-state index in [1.807, 2.05) is 22.1 Å². The number of carbonyl (C=O) groups excluding carboxylic acids is 2. The first-order chi connectivity index (χ1) is 14.9. The number of aryl methyl sites for hydroxylation is 2. The molecule has 2 fully saturated rings. The van der Waals surface area contributed by atoms with Crippen molar-refractivity contribution < 1.29 is 37.1 Å². The minimum atomic E-state index is -5.08. The first-order valence-electron chi connectivity index (χ1n) is 9.72. The van der Waals surface area contributed by atoms with Gasteiger partial charge in [-0.2, -0.15) is 13.2 Å². The van der Waals surface area contributed by atoms with Crippen LogP contribution in [0.3, 0.4) is 0 Å². The van der Waals surface area contributed by atoms with E-state index in [1.54, 1.807) is 30.6 Å². The lowest BCUT2D eigenvalue weighted by Gasteiger charge is -2.24. The van der Waals surface area contributed by atoms with Crippen molar-refractivity contribution in [1.82, 2.24) is 14.8 Å². The Morgan fingerprint density at radius 1 is 1.31 bits per heavy atom. The van der Waals surface area contributed by atoms with Crippen LogP contribution in [-0.2, 0) is 16.1 Å². The fourth-order valence-electron chi connectivity index (χ4n) is 3.96. The minimum Gasteiger partial charge on any atom is -0.475 e. The molecule has 2 saturated heterocycles. The SMILES string of the molecule is Cc1nc(CN2CC3(CCN(C(=O)c4ccoc4C)C3)CC2=O)cs1.O=C(O)C(F)(F)F. The van der Waals surface area contributed by atoms with E-state index in [0.29, 0.717) is 43.9 Å². The zero-order valence-electron chi connectivity index (χ0n) is 17.4. The number of thiazole rings is 1. The lowest BCUT2D eigenvalue weighted by Crippen LogP contribution is -2.34. The van der Waals surface area contributed by atoms with Gasteiger partial charge in [-0.05, 0) is 26.3 Å². The molecule has 2 aliphatic heterocycles. The summed E-state index contributed by atoms with van der Waals surface area (Å²) in [4.78, 5) is 42.3. The number of hydrogen-bond acceptors (Lipinski definition) is 6. The van der Waals surface area contributed by atoms with Crippen LogP contribution in [0.5, 0.6) is 0 Å². The Labute approximate surface area is 185 Å². The molecule has 0 bridgehead atoms. The zero-order valence-corrected chi connectivity index (χ0v) is 18.3. The average molecular weight is 473 g/mol. The van der Waals surface area contributed by atoms with E-state index in [4.69, 9.17) is 14.3 Å². The molecule has 0 aliphatic carbocycles. The molecule has 0 radical (unpaired) electrons. The third kappa shape index (κ3) is 5.29. The summed E-state index contributed by atoms with van der Waals surface area (Å²) in [5.41, 5.74) is 1.46. The second-order valence-electron chi connectivity index (χ2n) is 7.95. The number of rotatable bonds is 3. The van der Waals surface area contributed by atoms with Crippen molar-refractivity contribution in [3.05, 3.63) is 39.7 Å². The number of carbonyl (C=O) groups is 3. The molecule has 4 rings (SSSR count). The van der Waals surface area contributed by atoms with Crippen LogP contribution in [-0.4, -0.2) is 63.5 Å². The lowest BCUT2D eigenvalue weighted by molar-refractivity contribution is -0.192. The van der Waals surface area contributed by atoms with Crippen LogP contribution in [0.25, 0.3) is 0 Å². The zero-order chi connectivity index (χ0) is 23.7. The number of furan rings is 1. The number of carboxylic acid groups (broad SMARTS) is 1. The third-order valence-corrected chi connectivity index (χ3v) is 6.30. The number of aromatic nitrogens is 1. The maximum atomic E-state index is 12.7. The first-order valence-corrected chi connectivity index (χ1v) is 10.6. The molecular weight excluding hydrogens is 451 g/mol. The van der Waals surface area contributed by atoms with Crippen LogP contribution in [0.2, 0.25) is 0 Å². The van der Waals surface area contributed by atoms with E-state index < -0.39 is 12.1 Å². The number of likely N-dealkylation sites (tertiary alicyclic amines) is 2. The van der Waals surface area contributed by atoms with Gasteiger partial charge in [0.2, 0.25) is 5.91 Å². The maximum absolute atomic E-state index is 12.7. The van der Waals surface area contributed by atoms with Crippen molar-refractivity contribution in [2.24, 2.45) is 5.41 Å². The van der Waals surface area contributed by atoms with Gasteiger partial charge in [0.05, 0.1) is 29.1 Å². The van der Waals surface area contributed by atoms with Crippen molar-refractivity contribution in [2.45, 2.75) is 39.4 Å². The van der Waals surface area contributed by atoms with Crippen molar-refractivity contribution in [1.29, 1.82) is 0 Å². The van der Waals surface area contributed by atoms with Crippen molar-refractivity contribution in [3.63, 3.8) is 0 Å². The highest BCUT2D eigenvalue weighted by Gasteiger charge is 2.48. The molecule has 1 N–H and O–H groups in total. The average Bonchev–Trinajstić information content (AvgIpc) is 3.46. The number of aliphatic carboxylic acids is 1. The molecule has 174 valence electrons. The second-order valence-corrected chi connectivity index (χ2v) is 9.02. The highest BCUT2D eigenvalue weighted by molar-refractivity contribution is 7.09. The number of alkyl halides is 3. The molecule has 2 aliphatic rings. The second kappa shape index (κ2) is 8.93. The highest BCUT2D eigenvalue weighted by Crippen LogP contribution is 2.41. The molecule has 2 aromatic heterocycles.